The Bertz CT molecular complexity index is 1960. The molecule has 8 rings (SSSR count). The minimum atomic E-state index is -0.0489. The summed E-state index contributed by atoms with van der Waals surface area (Å²) >= 11 is 12.3. The molecule has 2 aliphatic heterocycles. The number of hydrogen-bond donors (Lipinski definition) is 0. The first-order valence-electron chi connectivity index (χ1n) is 19.1. The van der Waals surface area contributed by atoms with Crippen LogP contribution in [-0.2, 0) is 32.2 Å². The van der Waals surface area contributed by atoms with Crippen molar-refractivity contribution in [3.63, 3.8) is 0 Å². The minimum Gasteiger partial charge on any atom is -0.380 e. The van der Waals surface area contributed by atoms with E-state index in [9.17, 15) is 0 Å². The van der Waals surface area contributed by atoms with Gasteiger partial charge in [-0.2, -0.15) is 0 Å². The van der Waals surface area contributed by atoms with Gasteiger partial charge in [-0.25, -0.2) is 0 Å². The van der Waals surface area contributed by atoms with E-state index in [1.54, 1.807) is 0 Å². The number of nitrogens with zero attached hydrogens (tertiary/aromatic N) is 2. The summed E-state index contributed by atoms with van der Waals surface area (Å²) in [5.41, 5.74) is 10.9. The third-order valence-electron chi connectivity index (χ3n) is 10.6. The first-order chi connectivity index (χ1) is 27.6. The van der Waals surface area contributed by atoms with Crippen LogP contribution in [0.2, 0.25) is 0 Å². The molecule has 0 atom stereocenters. The molecule has 6 nitrogen and oxygen atoms in total. The molecule has 8 heteroatoms. The van der Waals surface area contributed by atoms with Crippen molar-refractivity contribution in [2.24, 2.45) is 10.8 Å². The van der Waals surface area contributed by atoms with E-state index in [0.29, 0.717) is 64.6 Å². The molecule has 0 amide bonds. The lowest BCUT2D eigenvalue weighted by Gasteiger charge is -2.39. The largest absolute Gasteiger partial charge is 0.380 e. The van der Waals surface area contributed by atoms with Crippen LogP contribution in [0.5, 0.6) is 0 Å². The lowest BCUT2D eigenvalue weighted by molar-refractivity contribution is -0.138. The lowest BCUT2D eigenvalue weighted by Crippen LogP contribution is -2.47. The molecule has 2 aliphatic rings. The normalized spacial score (nSPS) is 15.4. The van der Waals surface area contributed by atoms with Gasteiger partial charge in [0.1, 0.15) is 0 Å². The zero-order chi connectivity index (χ0) is 38.2. The molecule has 0 saturated carbocycles. The Balaban J connectivity index is 0.973. The second kappa shape index (κ2) is 17.6. The third-order valence-corrected chi connectivity index (χ3v) is 11.7. The second-order valence-electron chi connectivity index (χ2n) is 15.0. The monoisotopic (exact) mass is 784 g/mol. The highest BCUT2D eigenvalue weighted by Gasteiger charge is 2.39. The Hall–Kier alpha value is -4.66. The Kier molecular flexibility index (Phi) is 12.0. The summed E-state index contributed by atoms with van der Waals surface area (Å²) in [5.74, 6) is 1.10. The van der Waals surface area contributed by atoms with Crippen molar-refractivity contribution in [1.82, 2.24) is 0 Å². The summed E-state index contributed by atoms with van der Waals surface area (Å²) in [6.45, 7) is 4.94. The van der Waals surface area contributed by atoms with E-state index in [-0.39, 0.29) is 10.8 Å². The topological polar surface area (TPSA) is 43.4 Å². The fraction of sp³-hybridized carbons (Fsp3) is 0.250. The van der Waals surface area contributed by atoms with Crippen LogP contribution in [0.15, 0.2) is 158 Å². The van der Waals surface area contributed by atoms with E-state index in [0.717, 1.165) is 56.4 Å². The second-order valence-corrected chi connectivity index (χ2v) is 15.5. The van der Waals surface area contributed by atoms with Crippen molar-refractivity contribution >= 4 is 57.3 Å². The predicted octanol–water partition coefficient (Wildman–Crippen LogP) is 11.8. The maximum absolute atomic E-state index is 6.17. The number of benzene rings is 6. The van der Waals surface area contributed by atoms with E-state index in [4.69, 9.17) is 42.1 Å². The lowest BCUT2D eigenvalue weighted by atomic mass is 9.90. The van der Waals surface area contributed by atoms with E-state index in [1.807, 2.05) is 12.1 Å². The first-order valence-corrected chi connectivity index (χ1v) is 20.1. The van der Waals surface area contributed by atoms with Crippen molar-refractivity contribution in [2.75, 3.05) is 61.2 Å². The summed E-state index contributed by atoms with van der Waals surface area (Å²) in [7, 11) is 0. The highest BCUT2D eigenvalue weighted by molar-refractivity contribution is 6.18. The van der Waals surface area contributed by atoms with Crippen LogP contribution in [0.25, 0.3) is 11.1 Å². The van der Waals surface area contributed by atoms with Gasteiger partial charge in [0.05, 0.1) is 63.7 Å². The summed E-state index contributed by atoms with van der Waals surface area (Å²) in [4.78, 5) is 4.56. The number of alkyl halides is 2. The molecule has 6 aromatic rings. The standard InChI is InChI=1S/C48H46Cl2N2O4/c49-29-47(33-55-34-47)31-53-27-37-11-19-43(20-12-37)51(41-7-3-1-4-8-41)45-23-15-39(16-24-45)40-17-25-46(26-18-40)52(42-9-5-2-6-10-42)44-21-13-38(14-22-44)28-54-32-48(30-50)35-56-36-48/h1-26H,27-36H2. The SMILES string of the molecule is ClCC1(COCc2ccc(N(c3ccccc3)c3ccc(-c4ccc(N(c5ccccc5)c5ccc(COCC6(CCl)COC6)cc5)cc4)cc3)cc2)COC1. The van der Waals surface area contributed by atoms with Crippen molar-refractivity contribution in [3.8, 4) is 11.1 Å². The van der Waals surface area contributed by atoms with Crippen LogP contribution in [-0.4, -0.2) is 51.4 Å². The highest BCUT2D eigenvalue weighted by Crippen LogP contribution is 2.38. The highest BCUT2D eigenvalue weighted by atomic mass is 35.5. The molecule has 0 N–H and O–H groups in total. The van der Waals surface area contributed by atoms with Gasteiger partial charge in [0, 0.05) is 45.9 Å². The molecule has 0 radical (unpaired) electrons. The van der Waals surface area contributed by atoms with Crippen LogP contribution in [0, 0.1) is 10.8 Å². The number of rotatable bonds is 17. The van der Waals surface area contributed by atoms with Gasteiger partial charge in [-0.15, -0.1) is 23.2 Å². The Morgan fingerprint density at radius 3 is 1.00 bits per heavy atom. The van der Waals surface area contributed by atoms with Crippen molar-refractivity contribution in [2.45, 2.75) is 13.2 Å². The van der Waals surface area contributed by atoms with Gasteiger partial charge in [-0.05, 0) is 95.1 Å². The molecule has 2 fully saturated rings. The number of para-hydroxylation sites is 2. The molecule has 286 valence electrons. The molecule has 0 unspecified atom stereocenters. The summed E-state index contributed by atoms with van der Waals surface area (Å²) < 4.78 is 22.9. The van der Waals surface area contributed by atoms with E-state index < -0.39 is 0 Å². The smallest absolute Gasteiger partial charge is 0.0717 e. The minimum absolute atomic E-state index is 0.0489. The number of anilines is 6. The molecule has 0 bridgehead atoms. The summed E-state index contributed by atoms with van der Waals surface area (Å²) in [6, 6.07) is 55.7. The van der Waals surface area contributed by atoms with Gasteiger partial charge in [-0.3, -0.25) is 0 Å². The maximum Gasteiger partial charge on any atom is 0.0717 e. The average molecular weight is 786 g/mol. The molecule has 56 heavy (non-hydrogen) atoms. The van der Waals surface area contributed by atoms with Crippen molar-refractivity contribution in [3.05, 3.63) is 169 Å². The van der Waals surface area contributed by atoms with Gasteiger partial charge < -0.3 is 28.7 Å². The van der Waals surface area contributed by atoms with Gasteiger partial charge >= 0.3 is 0 Å². The molecule has 0 aliphatic carbocycles. The molecule has 2 saturated heterocycles. The maximum atomic E-state index is 6.17. The number of ether oxygens (including phenoxy) is 4. The van der Waals surface area contributed by atoms with Gasteiger partial charge in [0.25, 0.3) is 0 Å². The molecular formula is C48H46Cl2N2O4. The Morgan fingerprint density at radius 2 is 0.714 bits per heavy atom. The number of hydrogen-bond acceptors (Lipinski definition) is 6. The zero-order valence-electron chi connectivity index (χ0n) is 31.4. The molecule has 0 aromatic heterocycles. The van der Waals surface area contributed by atoms with Crippen molar-refractivity contribution in [1.29, 1.82) is 0 Å². The summed E-state index contributed by atoms with van der Waals surface area (Å²) in [5, 5.41) is 0. The van der Waals surface area contributed by atoms with Crippen LogP contribution in [0.4, 0.5) is 34.1 Å². The number of halogens is 2. The van der Waals surface area contributed by atoms with Crippen LogP contribution >= 0.6 is 23.2 Å². The van der Waals surface area contributed by atoms with Crippen LogP contribution in [0.3, 0.4) is 0 Å². The quantitative estimate of drug-likeness (QED) is 0.0858. The average Bonchev–Trinajstić information content (AvgIpc) is 3.23. The van der Waals surface area contributed by atoms with Gasteiger partial charge in [0.2, 0.25) is 0 Å². The third kappa shape index (κ3) is 8.67. The molecular weight excluding hydrogens is 739 g/mol. The fourth-order valence-corrected chi connectivity index (χ4v) is 7.55. The fourth-order valence-electron chi connectivity index (χ4n) is 7.09. The Labute approximate surface area is 340 Å². The summed E-state index contributed by atoms with van der Waals surface area (Å²) in [6.07, 6.45) is 0. The molecule has 6 aromatic carbocycles. The molecule has 2 heterocycles. The Morgan fingerprint density at radius 1 is 0.411 bits per heavy atom. The van der Waals surface area contributed by atoms with E-state index in [1.165, 1.54) is 0 Å². The first kappa shape index (κ1) is 38.2. The van der Waals surface area contributed by atoms with E-state index >= 15 is 0 Å². The van der Waals surface area contributed by atoms with Crippen LogP contribution in [0.1, 0.15) is 11.1 Å². The van der Waals surface area contributed by atoms with Gasteiger partial charge in [-0.1, -0.05) is 84.9 Å². The van der Waals surface area contributed by atoms with Crippen molar-refractivity contribution < 1.29 is 18.9 Å². The predicted molar refractivity (Wildman–Crippen MR) is 228 cm³/mol. The van der Waals surface area contributed by atoms with Gasteiger partial charge in [0.15, 0.2) is 0 Å². The van der Waals surface area contributed by atoms with E-state index in [2.05, 4.69) is 155 Å². The van der Waals surface area contributed by atoms with Crippen LogP contribution < -0.4 is 9.80 Å². The molecule has 0 spiro atoms. The zero-order valence-corrected chi connectivity index (χ0v) is 32.9.